The number of amides is 1. The van der Waals surface area contributed by atoms with Gasteiger partial charge in [-0.2, -0.15) is 11.8 Å². The van der Waals surface area contributed by atoms with Crippen LogP contribution in [-0.2, 0) is 4.79 Å². The molecule has 0 spiro atoms. The summed E-state index contributed by atoms with van der Waals surface area (Å²) < 4.78 is 0. The molecule has 0 aromatic carbocycles. The normalized spacial score (nSPS) is 10.7. The van der Waals surface area contributed by atoms with Crippen LogP contribution in [0.3, 0.4) is 0 Å². The standard InChI is InChI=1S/C11H24N2OS/c1-4-13(5-2)9-8-12-11(14)7-10-15-6-3/h4-10H2,1-3H3,(H,12,14). The summed E-state index contributed by atoms with van der Waals surface area (Å²) in [6.07, 6.45) is 0.650. The second-order valence-electron chi connectivity index (χ2n) is 3.32. The minimum atomic E-state index is 0.183. The molecule has 0 bridgehead atoms. The number of hydrogen-bond acceptors (Lipinski definition) is 3. The molecule has 15 heavy (non-hydrogen) atoms. The summed E-state index contributed by atoms with van der Waals surface area (Å²) in [5.41, 5.74) is 0. The molecule has 0 radical (unpaired) electrons. The molecule has 0 atom stereocenters. The molecule has 0 aliphatic rings. The summed E-state index contributed by atoms with van der Waals surface area (Å²) in [5.74, 6) is 2.21. The first-order valence-electron chi connectivity index (χ1n) is 5.81. The van der Waals surface area contributed by atoms with E-state index in [2.05, 4.69) is 31.0 Å². The molecule has 0 unspecified atom stereocenters. The molecule has 0 aliphatic heterocycles. The van der Waals surface area contributed by atoms with Crippen LogP contribution in [-0.4, -0.2) is 48.5 Å². The number of carbonyl (C=O) groups excluding carboxylic acids is 1. The molecule has 4 heteroatoms. The Kier molecular flexibility index (Phi) is 10.2. The van der Waals surface area contributed by atoms with Crippen molar-refractivity contribution in [2.45, 2.75) is 27.2 Å². The number of hydrogen-bond donors (Lipinski definition) is 1. The summed E-state index contributed by atoms with van der Waals surface area (Å²) in [4.78, 5) is 13.6. The van der Waals surface area contributed by atoms with E-state index in [0.29, 0.717) is 6.42 Å². The van der Waals surface area contributed by atoms with Crippen LogP contribution in [0, 0.1) is 0 Å². The van der Waals surface area contributed by atoms with Crippen molar-refractivity contribution in [2.24, 2.45) is 0 Å². The number of rotatable bonds is 9. The van der Waals surface area contributed by atoms with Gasteiger partial charge in [0.2, 0.25) is 5.91 Å². The highest BCUT2D eigenvalue weighted by Gasteiger charge is 2.02. The minimum absolute atomic E-state index is 0.183. The van der Waals surface area contributed by atoms with Crippen LogP contribution < -0.4 is 5.32 Å². The SMILES string of the molecule is CCSCCC(=O)NCCN(CC)CC. The molecule has 0 rings (SSSR count). The van der Waals surface area contributed by atoms with E-state index < -0.39 is 0 Å². The van der Waals surface area contributed by atoms with Crippen molar-refractivity contribution in [1.29, 1.82) is 0 Å². The zero-order valence-electron chi connectivity index (χ0n) is 10.2. The average Bonchev–Trinajstić information content (AvgIpc) is 2.25. The fourth-order valence-electron chi connectivity index (χ4n) is 1.29. The summed E-state index contributed by atoms with van der Waals surface area (Å²) in [6.45, 7) is 10.2. The van der Waals surface area contributed by atoms with Crippen molar-refractivity contribution in [1.82, 2.24) is 10.2 Å². The Labute approximate surface area is 98.0 Å². The zero-order chi connectivity index (χ0) is 11.5. The molecule has 0 fully saturated rings. The van der Waals surface area contributed by atoms with Gasteiger partial charge in [0, 0.05) is 25.3 Å². The Hall–Kier alpha value is -0.220. The van der Waals surface area contributed by atoms with Crippen LogP contribution in [0.25, 0.3) is 0 Å². The van der Waals surface area contributed by atoms with E-state index in [4.69, 9.17) is 0 Å². The van der Waals surface area contributed by atoms with Crippen molar-refractivity contribution in [3.05, 3.63) is 0 Å². The smallest absolute Gasteiger partial charge is 0.220 e. The molecule has 0 aromatic heterocycles. The first-order chi connectivity index (χ1) is 7.24. The van der Waals surface area contributed by atoms with Crippen molar-refractivity contribution >= 4 is 17.7 Å². The molecular formula is C11H24N2OS. The van der Waals surface area contributed by atoms with Gasteiger partial charge in [-0.15, -0.1) is 0 Å². The van der Waals surface area contributed by atoms with Crippen molar-refractivity contribution in [3.63, 3.8) is 0 Å². The van der Waals surface area contributed by atoms with Crippen molar-refractivity contribution in [2.75, 3.05) is 37.7 Å². The maximum atomic E-state index is 11.3. The van der Waals surface area contributed by atoms with Gasteiger partial charge in [-0.25, -0.2) is 0 Å². The lowest BCUT2D eigenvalue weighted by atomic mass is 10.4. The molecule has 1 N–H and O–H groups in total. The number of carbonyl (C=O) groups is 1. The van der Waals surface area contributed by atoms with E-state index in [1.54, 1.807) is 0 Å². The number of nitrogens with one attached hydrogen (secondary N) is 1. The van der Waals surface area contributed by atoms with Crippen LogP contribution in [0.4, 0.5) is 0 Å². The van der Waals surface area contributed by atoms with Gasteiger partial charge < -0.3 is 10.2 Å². The third kappa shape index (κ3) is 8.75. The van der Waals surface area contributed by atoms with E-state index in [0.717, 1.165) is 37.7 Å². The first kappa shape index (κ1) is 14.8. The Morgan fingerprint density at radius 2 is 1.93 bits per heavy atom. The van der Waals surface area contributed by atoms with E-state index >= 15 is 0 Å². The van der Waals surface area contributed by atoms with Crippen molar-refractivity contribution in [3.8, 4) is 0 Å². The van der Waals surface area contributed by atoms with Crippen LogP contribution >= 0.6 is 11.8 Å². The van der Waals surface area contributed by atoms with Crippen LogP contribution in [0.5, 0.6) is 0 Å². The lowest BCUT2D eigenvalue weighted by molar-refractivity contribution is -0.120. The fraction of sp³-hybridized carbons (Fsp3) is 0.909. The molecule has 0 aromatic rings. The minimum Gasteiger partial charge on any atom is -0.355 e. The van der Waals surface area contributed by atoms with Gasteiger partial charge in [0.15, 0.2) is 0 Å². The largest absolute Gasteiger partial charge is 0.355 e. The summed E-state index contributed by atoms with van der Waals surface area (Å²) in [5, 5.41) is 2.95. The predicted molar refractivity (Wildman–Crippen MR) is 68.4 cm³/mol. The van der Waals surface area contributed by atoms with Gasteiger partial charge in [-0.05, 0) is 18.8 Å². The molecule has 0 aliphatic carbocycles. The molecule has 0 saturated heterocycles. The van der Waals surface area contributed by atoms with Gasteiger partial charge in [0.25, 0.3) is 0 Å². The summed E-state index contributed by atoms with van der Waals surface area (Å²) in [7, 11) is 0. The predicted octanol–water partition coefficient (Wildman–Crippen LogP) is 1.59. The third-order valence-corrected chi connectivity index (χ3v) is 3.22. The maximum Gasteiger partial charge on any atom is 0.220 e. The lowest BCUT2D eigenvalue weighted by Crippen LogP contribution is -2.34. The third-order valence-electron chi connectivity index (χ3n) is 2.32. The first-order valence-corrected chi connectivity index (χ1v) is 6.96. The van der Waals surface area contributed by atoms with Crippen LogP contribution in [0.15, 0.2) is 0 Å². The van der Waals surface area contributed by atoms with Gasteiger partial charge in [-0.3, -0.25) is 4.79 Å². The highest BCUT2D eigenvalue weighted by Crippen LogP contribution is 2.00. The van der Waals surface area contributed by atoms with E-state index in [9.17, 15) is 4.79 Å². The second kappa shape index (κ2) is 10.3. The summed E-state index contributed by atoms with van der Waals surface area (Å²) >= 11 is 1.81. The maximum absolute atomic E-state index is 11.3. The molecule has 0 heterocycles. The topological polar surface area (TPSA) is 32.3 Å². The average molecular weight is 232 g/mol. The number of nitrogens with zero attached hydrogens (tertiary/aromatic N) is 1. The van der Waals surface area contributed by atoms with Crippen LogP contribution in [0.1, 0.15) is 27.2 Å². The quantitative estimate of drug-likeness (QED) is 0.613. The second-order valence-corrected chi connectivity index (χ2v) is 4.72. The Balaban J connectivity index is 3.37. The number of likely N-dealkylation sites (N-methyl/N-ethyl adjacent to an activating group) is 1. The fourth-order valence-corrected chi connectivity index (χ4v) is 1.91. The lowest BCUT2D eigenvalue weighted by Gasteiger charge is -2.17. The van der Waals surface area contributed by atoms with E-state index in [1.165, 1.54) is 0 Å². The zero-order valence-corrected chi connectivity index (χ0v) is 11.0. The molecule has 1 amide bonds. The van der Waals surface area contributed by atoms with Gasteiger partial charge in [0.05, 0.1) is 0 Å². The highest BCUT2D eigenvalue weighted by molar-refractivity contribution is 7.99. The Morgan fingerprint density at radius 3 is 2.47 bits per heavy atom. The Morgan fingerprint density at radius 1 is 1.27 bits per heavy atom. The molecule has 90 valence electrons. The highest BCUT2D eigenvalue weighted by atomic mass is 32.2. The van der Waals surface area contributed by atoms with Gasteiger partial charge >= 0.3 is 0 Å². The van der Waals surface area contributed by atoms with Crippen LogP contribution in [0.2, 0.25) is 0 Å². The van der Waals surface area contributed by atoms with Crippen molar-refractivity contribution < 1.29 is 4.79 Å². The Bertz CT molecular complexity index is 161. The van der Waals surface area contributed by atoms with E-state index in [-0.39, 0.29) is 5.91 Å². The molecular weight excluding hydrogens is 208 g/mol. The van der Waals surface area contributed by atoms with Gasteiger partial charge in [0.1, 0.15) is 0 Å². The summed E-state index contributed by atoms with van der Waals surface area (Å²) in [6, 6.07) is 0. The monoisotopic (exact) mass is 232 g/mol. The molecule has 0 saturated carbocycles. The number of thioether (sulfide) groups is 1. The van der Waals surface area contributed by atoms with Gasteiger partial charge in [-0.1, -0.05) is 20.8 Å². The molecule has 3 nitrogen and oxygen atoms in total. The van der Waals surface area contributed by atoms with E-state index in [1.807, 2.05) is 11.8 Å².